The number of fused-ring (bicyclic) bond motifs is 1. The van der Waals surface area contributed by atoms with Crippen molar-refractivity contribution in [1.29, 1.82) is 0 Å². The zero-order valence-electron chi connectivity index (χ0n) is 10.2. The molecule has 0 saturated carbocycles. The van der Waals surface area contributed by atoms with E-state index in [2.05, 4.69) is 10.2 Å². The molecule has 1 aliphatic heterocycles. The summed E-state index contributed by atoms with van der Waals surface area (Å²) in [4.78, 5) is 14.2. The fraction of sp³-hybridized carbons (Fsp3) is 0.357. The normalized spacial score (nSPS) is 17.1. The van der Waals surface area contributed by atoms with Crippen LogP contribution in [-0.2, 0) is 6.54 Å². The maximum atomic E-state index is 11.9. The van der Waals surface area contributed by atoms with Gasteiger partial charge in [0.1, 0.15) is 5.58 Å². The Bertz CT molecular complexity index is 600. The first-order valence-electron chi connectivity index (χ1n) is 6.28. The molecule has 0 spiro atoms. The van der Waals surface area contributed by atoms with Crippen molar-refractivity contribution in [2.24, 2.45) is 0 Å². The molecule has 0 unspecified atom stereocenters. The van der Waals surface area contributed by atoms with Gasteiger partial charge in [-0.15, -0.1) is 0 Å². The van der Waals surface area contributed by atoms with E-state index in [0.717, 1.165) is 37.1 Å². The van der Waals surface area contributed by atoms with Crippen molar-refractivity contribution in [2.75, 3.05) is 26.2 Å². The first kappa shape index (κ1) is 11.4. The SMILES string of the molecule is O=c1oc2ccccc2cc1CN1CCNCC1. The van der Waals surface area contributed by atoms with Crippen LogP contribution in [0.2, 0.25) is 0 Å². The van der Waals surface area contributed by atoms with Gasteiger partial charge in [0.25, 0.3) is 0 Å². The molecule has 3 rings (SSSR count). The van der Waals surface area contributed by atoms with Crippen LogP contribution in [0.3, 0.4) is 0 Å². The van der Waals surface area contributed by atoms with Crippen molar-refractivity contribution in [3.63, 3.8) is 0 Å². The van der Waals surface area contributed by atoms with E-state index in [1.807, 2.05) is 30.3 Å². The fourth-order valence-corrected chi connectivity index (χ4v) is 2.33. The largest absolute Gasteiger partial charge is 0.422 e. The number of nitrogens with one attached hydrogen (secondary N) is 1. The molecule has 0 aliphatic carbocycles. The first-order valence-corrected chi connectivity index (χ1v) is 6.28. The van der Waals surface area contributed by atoms with Crippen LogP contribution in [-0.4, -0.2) is 31.1 Å². The number of nitrogens with zero attached hydrogens (tertiary/aromatic N) is 1. The van der Waals surface area contributed by atoms with Gasteiger partial charge in [-0.1, -0.05) is 18.2 Å². The molecule has 4 heteroatoms. The standard InChI is InChI=1S/C14H16N2O2/c17-14-12(10-16-7-5-15-6-8-16)9-11-3-1-2-4-13(11)18-14/h1-4,9,15H,5-8,10H2. The lowest BCUT2D eigenvalue weighted by molar-refractivity contribution is 0.230. The molecule has 2 heterocycles. The molecule has 4 nitrogen and oxygen atoms in total. The molecule has 1 aromatic carbocycles. The third kappa shape index (κ3) is 2.30. The van der Waals surface area contributed by atoms with Gasteiger partial charge in [0, 0.05) is 38.1 Å². The molecule has 1 aromatic heterocycles. The molecule has 94 valence electrons. The molecule has 1 saturated heterocycles. The lowest BCUT2D eigenvalue weighted by atomic mass is 10.1. The van der Waals surface area contributed by atoms with Crippen LogP contribution in [0.15, 0.2) is 39.5 Å². The number of benzene rings is 1. The molecule has 1 N–H and O–H groups in total. The predicted octanol–water partition coefficient (Wildman–Crippen LogP) is 1.20. The summed E-state index contributed by atoms with van der Waals surface area (Å²) in [6.45, 7) is 4.60. The Morgan fingerprint density at radius 2 is 2.00 bits per heavy atom. The number of piperazine rings is 1. The lowest BCUT2D eigenvalue weighted by Crippen LogP contribution is -2.43. The first-order chi connectivity index (χ1) is 8.83. The number of hydrogen-bond acceptors (Lipinski definition) is 4. The number of hydrogen-bond donors (Lipinski definition) is 1. The third-order valence-corrected chi connectivity index (χ3v) is 3.32. The van der Waals surface area contributed by atoms with Crippen LogP contribution in [0.25, 0.3) is 11.0 Å². The summed E-state index contributed by atoms with van der Waals surface area (Å²) >= 11 is 0. The molecular formula is C14H16N2O2. The van der Waals surface area contributed by atoms with Gasteiger partial charge in [0.15, 0.2) is 0 Å². The van der Waals surface area contributed by atoms with E-state index in [1.165, 1.54) is 0 Å². The van der Waals surface area contributed by atoms with Crippen molar-refractivity contribution < 1.29 is 4.42 Å². The van der Waals surface area contributed by atoms with Crippen molar-refractivity contribution in [2.45, 2.75) is 6.54 Å². The summed E-state index contributed by atoms with van der Waals surface area (Å²) in [6.07, 6.45) is 0. The maximum Gasteiger partial charge on any atom is 0.340 e. The Morgan fingerprint density at radius 3 is 2.83 bits per heavy atom. The van der Waals surface area contributed by atoms with E-state index in [1.54, 1.807) is 0 Å². The second-order valence-corrected chi connectivity index (χ2v) is 4.62. The van der Waals surface area contributed by atoms with Crippen molar-refractivity contribution in [1.82, 2.24) is 10.2 Å². The average molecular weight is 244 g/mol. The summed E-state index contributed by atoms with van der Waals surface area (Å²) < 4.78 is 5.34. The molecule has 0 bridgehead atoms. The van der Waals surface area contributed by atoms with Gasteiger partial charge in [0.05, 0.1) is 5.56 Å². The zero-order valence-corrected chi connectivity index (χ0v) is 10.2. The van der Waals surface area contributed by atoms with Crippen molar-refractivity contribution in [3.8, 4) is 0 Å². The molecular weight excluding hydrogens is 228 g/mol. The van der Waals surface area contributed by atoms with Gasteiger partial charge in [-0.3, -0.25) is 4.90 Å². The monoisotopic (exact) mass is 244 g/mol. The summed E-state index contributed by atoms with van der Waals surface area (Å²) in [5, 5.41) is 4.29. The molecule has 1 aliphatic rings. The van der Waals surface area contributed by atoms with E-state index in [0.29, 0.717) is 12.1 Å². The second kappa shape index (κ2) is 4.92. The zero-order chi connectivity index (χ0) is 12.4. The predicted molar refractivity (Wildman–Crippen MR) is 70.6 cm³/mol. The fourth-order valence-electron chi connectivity index (χ4n) is 2.33. The highest BCUT2D eigenvalue weighted by Crippen LogP contribution is 2.13. The van der Waals surface area contributed by atoms with Crippen LogP contribution >= 0.6 is 0 Å². The minimum atomic E-state index is -0.216. The van der Waals surface area contributed by atoms with Gasteiger partial charge in [-0.05, 0) is 12.1 Å². The van der Waals surface area contributed by atoms with E-state index >= 15 is 0 Å². The quantitative estimate of drug-likeness (QED) is 0.806. The van der Waals surface area contributed by atoms with Gasteiger partial charge >= 0.3 is 5.63 Å². The highest BCUT2D eigenvalue weighted by Gasteiger charge is 2.13. The highest BCUT2D eigenvalue weighted by atomic mass is 16.4. The molecule has 1 fully saturated rings. The van der Waals surface area contributed by atoms with Crippen LogP contribution in [0, 0.1) is 0 Å². The average Bonchev–Trinajstić information content (AvgIpc) is 2.41. The lowest BCUT2D eigenvalue weighted by Gasteiger charge is -2.26. The summed E-state index contributed by atoms with van der Waals surface area (Å²) in [5.74, 6) is 0. The molecule has 2 aromatic rings. The number of rotatable bonds is 2. The van der Waals surface area contributed by atoms with Gasteiger partial charge < -0.3 is 9.73 Å². The highest BCUT2D eigenvalue weighted by molar-refractivity contribution is 5.76. The molecule has 18 heavy (non-hydrogen) atoms. The van der Waals surface area contributed by atoms with Crippen molar-refractivity contribution >= 4 is 11.0 Å². The Hall–Kier alpha value is -1.65. The maximum absolute atomic E-state index is 11.9. The summed E-state index contributed by atoms with van der Waals surface area (Å²) in [6, 6.07) is 9.58. The van der Waals surface area contributed by atoms with Crippen LogP contribution in [0.5, 0.6) is 0 Å². The second-order valence-electron chi connectivity index (χ2n) is 4.62. The Balaban J connectivity index is 1.91. The molecule has 0 atom stereocenters. The molecule has 0 radical (unpaired) electrons. The van der Waals surface area contributed by atoms with Crippen LogP contribution in [0.1, 0.15) is 5.56 Å². The van der Waals surface area contributed by atoms with E-state index < -0.39 is 0 Å². The topological polar surface area (TPSA) is 45.5 Å². The van der Waals surface area contributed by atoms with Gasteiger partial charge in [-0.25, -0.2) is 4.79 Å². The van der Waals surface area contributed by atoms with E-state index in [-0.39, 0.29) is 5.63 Å². The Morgan fingerprint density at radius 1 is 1.22 bits per heavy atom. The Labute approximate surface area is 105 Å². The van der Waals surface area contributed by atoms with E-state index in [9.17, 15) is 4.79 Å². The van der Waals surface area contributed by atoms with Gasteiger partial charge in [-0.2, -0.15) is 0 Å². The van der Waals surface area contributed by atoms with Crippen molar-refractivity contribution in [3.05, 3.63) is 46.3 Å². The minimum absolute atomic E-state index is 0.216. The summed E-state index contributed by atoms with van der Waals surface area (Å²) in [5.41, 5.74) is 1.19. The van der Waals surface area contributed by atoms with Crippen LogP contribution in [0.4, 0.5) is 0 Å². The Kier molecular flexibility index (Phi) is 3.13. The van der Waals surface area contributed by atoms with E-state index in [4.69, 9.17) is 4.42 Å². The van der Waals surface area contributed by atoms with Gasteiger partial charge in [0.2, 0.25) is 0 Å². The number of para-hydroxylation sites is 1. The molecule has 0 amide bonds. The minimum Gasteiger partial charge on any atom is -0.422 e. The third-order valence-electron chi connectivity index (χ3n) is 3.32. The van der Waals surface area contributed by atoms with Crippen LogP contribution < -0.4 is 10.9 Å². The summed E-state index contributed by atoms with van der Waals surface area (Å²) in [7, 11) is 0. The smallest absolute Gasteiger partial charge is 0.340 e.